The van der Waals surface area contributed by atoms with Crippen LogP contribution in [0.2, 0.25) is 0 Å². The van der Waals surface area contributed by atoms with Crippen LogP contribution < -0.4 is 4.90 Å². The van der Waals surface area contributed by atoms with Crippen molar-refractivity contribution in [2.24, 2.45) is 5.92 Å². The fourth-order valence-corrected chi connectivity index (χ4v) is 3.71. The lowest BCUT2D eigenvalue weighted by Gasteiger charge is -2.42. The summed E-state index contributed by atoms with van der Waals surface area (Å²) in [6, 6.07) is 2.67. The standard InChI is InChI=1S/C15H23N5S/c1-4-19(2)21-9-11-7-12(8-11)20(3)15-13-5-6-16-14(13)17-10-18-15/h5-6,10-12H,4,7-9H2,1-3H3,(H,16,17,18). The zero-order valence-corrected chi connectivity index (χ0v) is 13.7. The molecule has 1 N–H and O–H groups in total. The van der Waals surface area contributed by atoms with E-state index in [9.17, 15) is 0 Å². The maximum absolute atomic E-state index is 4.48. The molecule has 0 saturated heterocycles. The average molecular weight is 305 g/mol. The highest BCUT2D eigenvalue weighted by atomic mass is 32.2. The van der Waals surface area contributed by atoms with Crippen molar-refractivity contribution in [3.05, 3.63) is 18.6 Å². The van der Waals surface area contributed by atoms with Crippen LogP contribution in [0, 0.1) is 5.92 Å². The van der Waals surface area contributed by atoms with Crippen LogP contribution in [0.1, 0.15) is 19.8 Å². The molecule has 0 radical (unpaired) electrons. The number of nitrogens with one attached hydrogen (secondary N) is 1. The highest BCUT2D eigenvalue weighted by Gasteiger charge is 2.33. The van der Waals surface area contributed by atoms with E-state index in [0.717, 1.165) is 29.3 Å². The molecule has 2 heterocycles. The van der Waals surface area contributed by atoms with E-state index in [4.69, 9.17) is 0 Å². The van der Waals surface area contributed by atoms with Crippen LogP contribution in [0.25, 0.3) is 11.0 Å². The van der Waals surface area contributed by atoms with Gasteiger partial charge in [-0.1, -0.05) is 18.9 Å². The quantitative estimate of drug-likeness (QED) is 0.832. The summed E-state index contributed by atoms with van der Waals surface area (Å²) in [5.74, 6) is 3.11. The molecule has 1 fully saturated rings. The van der Waals surface area contributed by atoms with Crippen molar-refractivity contribution in [3.63, 3.8) is 0 Å². The minimum absolute atomic E-state index is 0.607. The Morgan fingerprint density at radius 2 is 2.14 bits per heavy atom. The van der Waals surface area contributed by atoms with Crippen LogP contribution in [-0.4, -0.2) is 51.7 Å². The van der Waals surface area contributed by atoms with E-state index < -0.39 is 0 Å². The summed E-state index contributed by atoms with van der Waals surface area (Å²) in [7, 11) is 4.32. The molecule has 1 aliphatic rings. The second-order valence-electron chi connectivity index (χ2n) is 5.78. The molecular weight excluding hydrogens is 282 g/mol. The molecule has 6 heteroatoms. The van der Waals surface area contributed by atoms with Crippen LogP contribution in [0.5, 0.6) is 0 Å². The topological polar surface area (TPSA) is 48.1 Å². The first kappa shape index (κ1) is 14.7. The van der Waals surface area contributed by atoms with Gasteiger partial charge in [-0.3, -0.25) is 4.31 Å². The Balaban J connectivity index is 1.58. The first-order valence-electron chi connectivity index (χ1n) is 7.54. The largest absolute Gasteiger partial charge is 0.356 e. The van der Waals surface area contributed by atoms with Crippen molar-refractivity contribution in [1.29, 1.82) is 0 Å². The molecule has 1 saturated carbocycles. The molecule has 0 unspecified atom stereocenters. The minimum atomic E-state index is 0.607. The van der Waals surface area contributed by atoms with Crippen LogP contribution >= 0.6 is 11.9 Å². The fraction of sp³-hybridized carbons (Fsp3) is 0.600. The van der Waals surface area contributed by atoms with Gasteiger partial charge in [0.2, 0.25) is 0 Å². The highest BCUT2D eigenvalue weighted by molar-refractivity contribution is 7.97. The van der Waals surface area contributed by atoms with E-state index in [1.54, 1.807) is 6.33 Å². The number of aromatic nitrogens is 3. The molecule has 2 aromatic heterocycles. The predicted molar refractivity (Wildman–Crippen MR) is 89.6 cm³/mol. The molecule has 0 bridgehead atoms. The van der Waals surface area contributed by atoms with Gasteiger partial charge in [0, 0.05) is 31.6 Å². The summed E-state index contributed by atoms with van der Waals surface area (Å²) in [5, 5.41) is 1.11. The molecule has 2 aromatic rings. The molecular formula is C15H23N5S. The number of anilines is 1. The zero-order chi connectivity index (χ0) is 14.8. The van der Waals surface area contributed by atoms with Gasteiger partial charge in [0.15, 0.2) is 0 Å². The van der Waals surface area contributed by atoms with Gasteiger partial charge in [-0.15, -0.1) is 0 Å². The predicted octanol–water partition coefficient (Wildman–Crippen LogP) is 2.77. The van der Waals surface area contributed by atoms with Gasteiger partial charge in [0.25, 0.3) is 0 Å². The van der Waals surface area contributed by atoms with Crippen molar-refractivity contribution in [1.82, 2.24) is 19.3 Å². The number of H-pyrrole nitrogens is 1. The first-order chi connectivity index (χ1) is 10.2. The molecule has 0 aliphatic heterocycles. The summed E-state index contributed by atoms with van der Waals surface area (Å²) < 4.78 is 2.31. The monoisotopic (exact) mass is 305 g/mol. The van der Waals surface area contributed by atoms with E-state index in [1.165, 1.54) is 18.6 Å². The number of fused-ring (bicyclic) bond motifs is 1. The Bertz CT molecular complexity index is 593. The second kappa shape index (κ2) is 6.23. The van der Waals surface area contributed by atoms with Gasteiger partial charge < -0.3 is 9.88 Å². The van der Waals surface area contributed by atoms with Gasteiger partial charge in [-0.25, -0.2) is 9.97 Å². The fourth-order valence-electron chi connectivity index (χ4n) is 2.79. The Morgan fingerprint density at radius 3 is 2.90 bits per heavy atom. The molecule has 0 aromatic carbocycles. The minimum Gasteiger partial charge on any atom is -0.356 e. The Hall–Kier alpha value is -1.27. The lowest BCUT2D eigenvalue weighted by atomic mass is 9.81. The van der Waals surface area contributed by atoms with Crippen LogP contribution in [0.15, 0.2) is 18.6 Å². The zero-order valence-electron chi connectivity index (χ0n) is 12.9. The normalized spacial score (nSPS) is 21.7. The Morgan fingerprint density at radius 1 is 1.33 bits per heavy atom. The van der Waals surface area contributed by atoms with Gasteiger partial charge >= 0.3 is 0 Å². The van der Waals surface area contributed by atoms with Gasteiger partial charge in [-0.05, 0) is 31.9 Å². The third-order valence-electron chi connectivity index (χ3n) is 4.40. The number of rotatable bonds is 6. The summed E-state index contributed by atoms with van der Waals surface area (Å²) in [6.07, 6.45) is 6.10. The highest BCUT2D eigenvalue weighted by Crippen LogP contribution is 2.36. The summed E-state index contributed by atoms with van der Waals surface area (Å²) in [6.45, 7) is 3.30. The SMILES string of the molecule is CCN(C)SCC1CC(N(C)c2ncnc3[nH]ccc23)C1. The lowest BCUT2D eigenvalue weighted by molar-refractivity contribution is 0.284. The van der Waals surface area contributed by atoms with E-state index in [-0.39, 0.29) is 0 Å². The van der Waals surface area contributed by atoms with Crippen molar-refractivity contribution < 1.29 is 0 Å². The number of hydrogen-bond donors (Lipinski definition) is 1. The maximum Gasteiger partial charge on any atom is 0.142 e. The third kappa shape index (κ3) is 3.01. The lowest BCUT2D eigenvalue weighted by Crippen LogP contribution is -2.44. The molecule has 1 aliphatic carbocycles. The Labute approximate surface area is 130 Å². The summed E-state index contributed by atoms with van der Waals surface area (Å²) >= 11 is 1.96. The van der Waals surface area contributed by atoms with Crippen molar-refractivity contribution in [2.75, 3.05) is 31.3 Å². The van der Waals surface area contributed by atoms with Crippen LogP contribution in [0.3, 0.4) is 0 Å². The van der Waals surface area contributed by atoms with E-state index in [0.29, 0.717) is 6.04 Å². The third-order valence-corrected chi connectivity index (χ3v) is 5.72. The van der Waals surface area contributed by atoms with Gasteiger partial charge in [0.1, 0.15) is 17.8 Å². The molecule has 0 amide bonds. The van der Waals surface area contributed by atoms with E-state index in [2.05, 4.69) is 51.2 Å². The summed E-state index contributed by atoms with van der Waals surface area (Å²) in [5.41, 5.74) is 0.919. The second-order valence-corrected chi connectivity index (χ2v) is 6.99. The molecule has 114 valence electrons. The first-order valence-corrected chi connectivity index (χ1v) is 8.48. The van der Waals surface area contributed by atoms with Crippen molar-refractivity contribution >= 4 is 28.8 Å². The molecule has 0 spiro atoms. The molecule has 5 nitrogen and oxygen atoms in total. The molecule has 3 rings (SSSR count). The number of hydrogen-bond acceptors (Lipinski definition) is 5. The molecule has 0 atom stereocenters. The number of nitrogens with zero attached hydrogens (tertiary/aromatic N) is 4. The smallest absolute Gasteiger partial charge is 0.142 e. The number of aromatic amines is 1. The van der Waals surface area contributed by atoms with Crippen molar-refractivity contribution in [2.45, 2.75) is 25.8 Å². The van der Waals surface area contributed by atoms with Crippen LogP contribution in [0.4, 0.5) is 5.82 Å². The van der Waals surface area contributed by atoms with Crippen LogP contribution in [-0.2, 0) is 0 Å². The van der Waals surface area contributed by atoms with E-state index >= 15 is 0 Å². The Kier molecular flexibility index (Phi) is 4.35. The summed E-state index contributed by atoms with van der Waals surface area (Å²) in [4.78, 5) is 14.2. The molecule has 21 heavy (non-hydrogen) atoms. The maximum atomic E-state index is 4.48. The van der Waals surface area contributed by atoms with E-state index in [1.807, 2.05) is 18.1 Å². The van der Waals surface area contributed by atoms with Gasteiger partial charge in [-0.2, -0.15) is 0 Å². The average Bonchev–Trinajstić information content (AvgIpc) is 2.93. The van der Waals surface area contributed by atoms with Crippen molar-refractivity contribution in [3.8, 4) is 0 Å². The van der Waals surface area contributed by atoms with Gasteiger partial charge in [0.05, 0.1) is 5.39 Å².